The molecule has 2 saturated heterocycles. The number of fused-ring (bicyclic) bond motifs is 1. The summed E-state index contributed by atoms with van der Waals surface area (Å²) in [4.78, 5) is 36.4. The van der Waals surface area contributed by atoms with Crippen molar-refractivity contribution < 1.29 is 19.2 Å². The van der Waals surface area contributed by atoms with Crippen LogP contribution in [0.4, 0.5) is 11.4 Å². The number of nitrogens with zero attached hydrogens (tertiary/aromatic N) is 2. The van der Waals surface area contributed by atoms with E-state index in [0.717, 1.165) is 16.8 Å². The number of rotatable bonds is 5. The molecule has 6 nitrogen and oxygen atoms in total. The first-order valence-electron chi connectivity index (χ1n) is 11.8. The Bertz CT molecular complexity index is 1410. The van der Waals surface area contributed by atoms with E-state index in [9.17, 15) is 9.59 Å². The third kappa shape index (κ3) is 3.15. The monoisotopic (exact) mass is 476 g/mol. The summed E-state index contributed by atoms with van der Waals surface area (Å²) in [7, 11) is 1.55. The van der Waals surface area contributed by atoms with Gasteiger partial charge >= 0.3 is 0 Å². The van der Waals surface area contributed by atoms with Crippen molar-refractivity contribution in [2.24, 2.45) is 0 Å². The van der Waals surface area contributed by atoms with Crippen LogP contribution in [0.2, 0.25) is 0 Å². The molecule has 0 radical (unpaired) electrons. The van der Waals surface area contributed by atoms with E-state index in [0.29, 0.717) is 11.4 Å². The number of carbonyl (C=O) groups excluding carboxylic acids is 2. The number of imide groups is 1. The Balaban J connectivity index is 1.60. The van der Waals surface area contributed by atoms with Crippen LogP contribution in [0.1, 0.15) is 17.2 Å². The Kier molecular flexibility index (Phi) is 5.31. The third-order valence-electron chi connectivity index (χ3n) is 6.99. The summed E-state index contributed by atoms with van der Waals surface area (Å²) in [6.07, 6.45) is -1.05. The zero-order valence-electron chi connectivity index (χ0n) is 19.7. The summed E-state index contributed by atoms with van der Waals surface area (Å²) in [5.74, 6) is -0.175. The molecule has 2 aliphatic rings. The number of carbonyl (C=O) groups is 2. The van der Waals surface area contributed by atoms with Crippen molar-refractivity contribution in [3.05, 3.63) is 126 Å². The molecule has 4 aromatic rings. The predicted molar refractivity (Wildman–Crippen MR) is 137 cm³/mol. The van der Waals surface area contributed by atoms with Gasteiger partial charge in [0.1, 0.15) is 17.2 Å². The van der Waals surface area contributed by atoms with Crippen molar-refractivity contribution in [3.8, 4) is 5.75 Å². The van der Waals surface area contributed by atoms with E-state index in [-0.39, 0.29) is 5.91 Å². The molecule has 36 heavy (non-hydrogen) atoms. The number of hydroxylamine groups is 1. The summed E-state index contributed by atoms with van der Waals surface area (Å²) in [6.45, 7) is 0. The lowest BCUT2D eigenvalue weighted by Gasteiger charge is -2.35. The number of para-hydroxylation sites is 1. The molecule has 2 amide bonds. The second-order valence-corrected chi connectivity index (χ2v) is 8.88. The van der Waals surface area contributed by atoms with Crippen LogP contribution in [0.25, 0.3) is 0 Å². The molecule has 6 heteroatoms. The van der Waals surface area contributed by atoms with E-state index in [1.807, 2.05) is 91.0 Å². The molecule has 6 rings (SSSR count). The normalized spacial score (nSPS) is 23.1. The molecule has 2 aliphatic heterocycles. The van der Waals surface area contributed by atoms with Gasteiger partial charge in [0.2, 0.25) is 5.91 Å². The van der Waals surface area contributed by atoms with Crippen LogP contribution in [-0.2, 0) is 19.8 Å². The van der Waals surface area contributed by atoms with Crippen LogP contribution in [0.5, 0.6) is 5.75 Å². The largest absolute Gasteiger partial charge is 0.497 e. The second-order valence-electron chi connectivity index (χ2n) is 8.88. The highest BCUT2D eigenvalue weighted by atomic mass is 16.7. The molecule has 0 aromatic heterocycles. The standard InChI is InChI=1S/C30H24N2O4/c1-35-25-19-11-18-24(20-25)31-28(33)27-30(29(31)34,22-14-7-3-8-15-22)26(21-12-5-2-6-13-21)32(36-27)23-16-9-4-10-17-23/h2-20,26-27H,1H3/t26-,27+,30-/m1/s1. The minimum absolute atomic E-state index is 0.329. The van der Waals surface area contributed by atoms with Gasteiger partial charge in [-0.3, -0.25) is 14.4 Å². The van der Waals surface area contributed by atoms with Gasteiger partial charge in [0.25, 0.3) is 5.91 Å². The lowest BCUT2D eigenvalue weighted by Crippen LogP contribution is -2.46. The number of anilines is 2. The van der Waals surface area contributed by atoms with Gasteiger partial charge in [0, 0.05) is 6.07 Å². The quantitative estimate of drug-likeness (QED) is 0.377. The maximum atomic E-state index is 14.6. The summed E-state index contributed by atoms with van der Waals surface area (Å²) in [6, 6.07) is 35.2. The molecule has 0 bridgehead atoms. The molecule has 0 unspecified atom stereocenters. The number of methoxy groups -OCH3 is 1. The molecule has 0 aliphatic carbocycles. The van der Waals surface area contributed by atoms with Crippen LogP contribution in [0.3, 0.4) is 0 Å². The van der Waals surface area contributed by atoms with Crippen LogP contribution in [0.15, 0.2) is 115 Å². The van der Waals surface area contributed by atoms with Crippen LogP contribution < -0.4 is 14.7 Å². The van der Waals surface area contributed by atoms with Gasteiger partial charge < -0.3 is 4.74 Å². The highest BCUT2D eigenvalue weighted by Crippen LogP contribution is 2.57. The van der Waals surface area contributed by atoms with Gasteiger partial charge in [-0.15, -0.1) is 0 Å². The fourth-order valence-electron chi connectivity index (χ4n) is 5.42. The maximum Gasteiger partial charge on any atom is 0.267 e. The van der Waals surface area contributed by atoms with Crippen LogP contribution in [0, 0.1) is 0 Å². The van der Waals surface area contributed by atoms with Gasteiger partial charge in [-0.1, -0.05) is 84.9 Å². The number of benzene rings is 4. The molecule has 2 fully saturated rings. The van der Waals surface area contributed by atoms with Gasteiger partial charge in [0.15, 0.2) is 6.10 Å². The molecule has 2 heterocycles. The van der Waals surface area contributed by atoms with E-state index in [2.05, 4.69) is 0 Å². The maximum absolute atomic E-state index is 14.6. The van der Waals surface area contributed by atoms with E-state index in [1.165, 1.54) is 4.90 Å². The van der Waals surface area contributed by atoms with Crippen molar-refractivity contribution in [3.63, 3.8) is 0 Å². The first-order valence-corrected chi connectivity index (χ1v) is 11.8. The third-order valence-corrected chi connectivity index (χ3v) is 6.99. The van der Waals surface area contributed by atoms with Gasteiger partial charge in [-0.2, -0.15) is 0 Å². The van der Waals surface area contributed by atoms with Crippen molar-refractivity contribution in [2.45, 2.75) is 17.6 Å². The molecule has 178 valence electrons. The highest BCUT2D eigenvalue weighted by Gasteiger charge is 2.72. The van der Waals surface area contributed by atoms with Crippen molar-refractivity contribution in [1.29, 1.82) is 0 Å². The van der Waals surface area contributed by atoms with E-state index in [4.69, 9.17) is 9.57 Å². The second kappa shape index (κ2) is 8.66. The van der Waals surface area contributed by atoms with Gasteiger partial charge in [-0.05, 0) is 35.4 Å². The molecule has 0 saturated carbocycles. The van der Waals surface area contributed by atoms with Gasteiger partial charge in [0.05, 0.1) is 18.5 Å². The molecule has 3 atom stereocenters. The van der Waals surface area contributed by atoms with Crippen molar-refractivity contribution >= 4 is 23.2 Å². The smallest absolute Gasteiger partial charge is 0.267 e. The lowest BCUT2D eigenvalue weighted by molar-refractivity contribution is -0.126. The Labute approximate surface area is 209 Å². The Morgan fingerprint density at radius 3 is 2.03 bits per heavy atom. The Morgan fingerprint density at radius 2 is 1.36 bits per heavy atom. The van der Waals surface area contributed by atoms with Gasteiger partial charge in [-0.25, -0.2) is 9.96 Å². The Hall–Kier alpha value is -4.42. The van der Waals surface area contributed by atoms with Crippen molar-refractivity contribution in [2.75, 3.05) is 17.1 Å². The first-order chi connectivity index (χ1) is 17.7. The summed E-state index contributed by atoms with van der Waals surface area (Å²) < 4.78 is 5.37. The van der Waals surface area contributed by atoms with E-state index >= 15 is 0 Å². The summed E-state index contributed by atoms with van der Waals surface area (Å²) >= 11 is 0. The first kappa shape index (κ1) is 22.1. The SMILES string of the molecule is COc1cccc(N2C(=O)[C@@H]3ON(c4ccccc4)[C@H](c4ccccc4)[C@@]3(c3ccccc3)C2=O)c1. The lowest BCUT2D eigenvalue weighted by atomic mass is 9.69. The average Bonchev–Trinajstić information content (AvgIpc) is 3.41. The highest BCUT2D eigenvalue weighted by molar-refractivity contribution is 6.28. The van der Waals surface area contributed by atoms with E-state index < -0.39 is 23.5 Å². The van der Waals surface area contributed by atoms with Crippen LogP contribution in [-0.4, -0.2) is 25.0 Å². The summed E-state index contributed by atoms with van der Waals surface area (Å²) in [5.41, 5.74) is 1.52. The topological polar surface area (TPSA) is 59.1 Å². The fraction of sp³-hybridized carbons (Fsp3) is 0.133. The van der Waals surface area contributed by atoms with Crippen LogP contribution >= 0.6 is 0 Å². The molecular formula is C30H24N2O4. The Morgan fingerprint density at radius 1 is 0.750 bits per heavy atom. The fourth-order valence-corrected chi connectivity index (χ4v) is 5.42. The molecule has 0 N–H and O–H groups in total. The molecule has 4 aromatic carbocycles. The predicted octanol–water partition coefficient (Wildman–Crippen LogP) is 5.07. The minimum atomic E-state index is -1.31. The zero-order valence-corrected chi connectivity index (χ0v) is 19.7. The number of hydrogen-bond donors (Lipinski definition) is 0. The minimum Gasteiger partial charge on any atom is -0.497 e. The number of amides is 2. The number of ether oxygens (including phenoxy) is 1. The zero-order chi connectivity index (χ0) is 24.7. The number of hydrogen-bond acceptors (Lipinski definition) is 5. The summed E-state index contributed by atoms with van der Waals surface area (Å²) in [5, 5.41) is 1.73. The van der Waals surface area contributed by atoms with E-state index in [1.54, 1.807) is 36.4 Å². The van der Waals surface area contributed by atoms with Crippen molar-refractivity contribution in [1.82, 2.24) is 0 Å². The molecule has 0 spiro atoms. The molecular weight excluding hydrogens is 452 g/mol. The average molecular weight is 477 g/mol.